The highest BCUT2D eigenvalue weighted by molar-refractivity contribution is 6.08. The zero-order chi connectivity index (χ0) is 8.53. The average Bonchev–Trinajstić information content (AvgIpc) is 2.01. The Hall–Kier alpha value is -0.353. The van der Waals surface area contributed by atoms with E-state index in [2.05, 4.69) is 15.6 Å². The molecule has 0 fully saturated rings. The van der Waals surface area contributed by atoms with E-state index in [-0.39, 0.29) is 12.5 Å². The number of hydrogen-bond acceptors (Lipinski definition) is 2. The van der Waals surface area contributed by atoms with Gasteiger partial charge < -0.3 is 10.4 Å². The Morgan fingerprint density at radius 2 is 2.18 bits per heavy atom. The van der Waals surface area contributed by atoms with Crippen molar-refractivity contribution in [2.45, 2.75) is 25.3 Å². The van der Waals surface area contributed by atoms with Crippen LogP contribution in [0.25, 0.3) is 0 Å². The molecule has 1 amide bonds. The Bertz CT molecular complexity index is 109. The van der Waals surface area contributed by atoms with Crippen molar-refractivity contribution < 1.29 is 9.90 Å². The first-order valence-electron chi connectivity index (χ1n) is 3.83. The van der Waals surface area contributed by atoms with Gasteiger partial charge >= 0.3 is 0 Å². The molecule has 0 bridgehead atoms. The summed E-state index contributed by atoms with van der Waals surface area (Å²) in [4.78, 5) is 10.8. The first kappa shape index (κ1) is 10.6. The number of hydrogen-bond donors (Lipinski definition) is 2. The lowest BCUT2D eigenvalue weighted by Gasteiger charge is -2.01. The second-order valence-corrected chi connectivity index (χ2v) is 2.78. The van der Waals surface area contributed by atoms with Crippen molar-refractivity contribution in [3.05, 3.63) is 0 Å². The lowest BCUT2D eigenvalue weighted by Crippen LogP contribution is -2.24. The summed E-state index contributed by atoms with van der Waals surface area (Å²) in [6.45, 7) is 0.805. The quantitative estimate of drug-likeness (QED) is 0.432. The molecular weight excluding hydrogens is 158 g/mol. The van der Waals surface area contributed by atoms with E-state index in [1.807, 2.05) is 0 Å². The van der Waals surface area contributed by atoms with Crippen LogP contribution in [0.2, 0.25) is 6.04 Å². The molecule has 63 valence electrons. The Labute approximate surface area is 70.6 Å². The van der Waals surface area contributed by atoms with Gasteiger partial charge in [-0.1, -0.05) is 6.04 Å². The van der Waals surface area contributed by atoms with Crippen LogP contribution in [0.3, 0.4) is 0 Å². The molecular formula is C7H14NO2Si. The molecule has 0 aliphatic heterocycles. The Morgan fingerprint density at radius 1 is 1.45 bits per heavy atom. The minimum absolute atomic E-state index is 0.0270. The molecule has 0 saturated heterocycles. The Morgan fingerprint density at radius 3 is 2.73 bits per heavy atom. The van der Waals surface area contributed by atoms with Gasteiger partial charge in [0.2, 0.25) is 5.91 Å². The summed E-state index contributed by atoms with van der Waals surface area (Å²) in [6.07, 6.45) is 1.93. The molecule has 0 heterocycles. The third-order valence-electron chi connectivity index (χ3n) is 1.24. The summed E-state index contributed by atoms with van der Waals surface area (Å²) in [5.41, 5.74) is 0. The van der Waals surface area contributed by atoms with Crippen LogP contribution in [-0.4, -0.2) is 34.4 Å². The number of rotatable bonds is 6. The molecule has 0 saturated carbocycles. The molecule has 2 N–H and O–H groups in total. The van der Waals surface area contributed by atoms with Gasteiger partial charge in [0.1, 0.15) is 0 Å². The number of carbonyl (C=O) groups excluding carboxylic acids is 1. The van der Waals surface area contributed by atoms with Crippen molar-refractivity contribution in [1.29, 1.82) is 0 Å². The van der Waals surface area contributed by atoms with Crippen LogP contribution >= 0.6 is 0 Å². The van der Waals surface area contributed by atoms with Gasteiger partial charge in [0.15, 0.2) is 0 Å². The highest BCUT2D eigenvalue weighted by Crippen LogP contribution is 1.87. The van der Waals surface area contributed by atoms with Crippen molar-refractivity contribution >= 4 is 16.1 Å². The molecule has 3 nitrogen and oxygen atoms in total. The fourth-order valence-corrected chi connectivity index (χ4v) is 0.821. The molecule has 0 unspecified atom stereocenters. The third-order valence-corrected chi connectivity index (χ3v) is 1.59. The summed E-state index contributed by atoms with van der Waals surface area (Å²) in [5.74, 6) is 0.0270. The predicted octanol–water partition coefficient (Wildman–Crippen LogP) is -0.148. The van der Waals surface area contributed by atoms with Gasteiger partial charge in [-0.2, -0.15) is 0 Å². The van der Waals surface area contributed by atoms with Crippen LogP contribution in [-0.2, 0) is 4.79 Å². The zero-order valence-electron chi connectivity index (χ0n) is 6.60. The van der Waals surface area contributed by atoms with E-state index in [4.69, 9.17) is 5.11 Å². The maximum Gasteiger partial charge on any atom is 0.220 e. The largest absolute Gasteiger partial charge is 0.396 e. The molecule has 0 aromatic heterocycles. The lowest BCUT2D eigenvalue weighted by atomic mass is 10.3. The summed E-state index contributed by atoms with van der Waals surface area (Å²) in [5, 5.41) is 11.1. The van der Waals surface area contributed by atoms with Gasteiger partial charge in [-0.05, 0) is 12.8 Å². The number of aliphatic hydroxyl groups is 1. The van der Waals surface area contributed by atoms with Crippen LogP contribution in [0, 0.1) is 0 Å². The maximum atomic E-state index is 10.8. The van der Waals surface area contributed by atoms with E-state index < -0.39 is 0 Å². The van der Waals surface area contributed by atoms with E-state index in [0.29, 0.717) is 19.4 Å². The van der Waals surface area contributed by atoms with Gasteiger partial charge in [-0.15, -0.1) is 0 Å². The minimum atomic E-state index is 0.0270. The summed E-state index contributed by atoms with van der Waals surface area (Å²) >= 11 is 0. The van der Waals surface area contributed by atoms with E-state index in [9.17, 15) is 4.79 Å². The Balaban J connectivity index is 3.09. The summed E-state index contributed by atoms with van der Waals surface area (Å²) < 4.78 is 0. The smallest absolute Gasteiger partial charge is 0.220 e. The second-order valence-electron chi connectivity index (χ2n) is 2.28. The van der Waals surface area contributed by atoms with Crippen LogP contribution in [0.4, 0.5) is 0 Å². The van der Waals surface area contributed by atoms with E-state index >= 15 is 0 Å². The first-order chi connectivity index (χ1) is 5.31. The molecule has 0 aromatic carbocycles. The molecule has 0 rings (SSSR count). The highest BCUT2D eigenvalue weighted by atomic mass is 28.1. The van der Waals surface area contributed by atoms with Crippen molar-refractivity contribution in [2.75, 3.05) is 13.2 Å². The highest BCUT2D eigenvalue weighted by Gasteiger charge is 1.97. The fraction of sp³-hybridized carbons (Fsp3) is 0.857. The van der Waals surface area contributed by atoms with Crippen molar-refractivity contribution in [1.82, 2.24) is 5.32 Å². The molecule has 4 heteroatoms. The first-order valence-corrected chi connectivity index (χ1v) is 4.54. The monoisotopic (exact) mass is 172 g/mol. The van der Waals surface area contributed by atoms with Gasteiger partial charge in [0.05, 0.1) is 0 Å². The molecule has 0 aliphatic carbocycles. The van der Waals surface area contributed by atoms with Gasteiger partial charge in [-0.25, -0.2) is 0 Å². The molecule has 0 aliphatic rings. The van der Waals surface area contributed by atoms with E-state index in [0.717, 1.165) is 12.5 Å². The lowest BCUT2D eigenvalue weighted by molar-refractivity contribution is -0.121. The molecule has 0 aromatic rings. The van der Waals surface area contributed by atoms with Crippen LogP contribution in [0.15, 0.2) is 0 Å². The number of aliphatic hydroxyl groups excluding tert-OH is 1. The van der Waals surface area contributed by atoms with Crippen molar-refractivity contribution in [3.8, 4) is 0 Å². The van der Waals surface area contributed by atoms with Gasteiger partial charge in [-0.3, -0.25) is 4.79 Å². The van der Waals surface area contributed by atoms with E-state index in [1.165, 1.54) is 0 Å². The summed E-state index contributed by atoms with van der Waals surface area (Å²) in [6, 6.07) is 0.903. The van der Waals surface area contributed by atoms with Crippen molar-refractivity contribution in [2.24, 2.45) is 0 Å². The number of nitrogens with one attached hydrogen (secondary N) is 1. The van der Waals surface area contributed by atoms with Gasteiger partial charge in [0, 0.05) is 29.8 Å². The van der Waals surface area contributed by atoms with Crippen molar-refractivity contribution in [3.63, 3.8) is 0 Å². The molecule has 11 heavy (non-hydrogen) atoms. The third kappa shape index (κ3) is 7.54. The molecule has 0 atom stereocenters. The minimum Gasteiger partial charge on any atom is -0.396 e. The fourth-order valence-electron chi connectivity index (χ4n) is 0.644. The average molecular weight is 172 g/mol. The Kier molecular flexibility index (Phi) is 7.50. The van der Waals surface area contributed by atoms with Crippen LogP contribution in [0.1, 0.15) is 19.3 Å². The van der Waals surface area contributed by atoms with Crippen LogP contribution in [0.5, 0.6) is 0 Å². The predicted molar refractivity (Wildman–Crippen MR) is 44.5 cm³/mol. The SMILES string of the molecule is O=C(CCCO)NCCC[Si]. The molecule has 3 radical (unpaired) electrons. The summed E-state index contributed by atoms with van der Waals surface area (Å²) in [7, 11) is 3.30. The maximum absolute atomic E-state index is 10.8. The second kappa shape index (κ2) is 7.75. The van der Waals surface area contributed by atoms with E-state index in [1.54, 1.807) is 0 Å². The normalized spacial score (nSPS) is 9.64. The molecule has 0 spiro atoms. The zero-order valence-corrected chi connectivity index (χ0v) is 7.60. The number of carbonyl (C=O) groups is 1. The number of amides is 1. The van der Waals surface area contributed by atoms with Crippen LogP contribution < -0.4 is 5.32 Å². The standard InChI is InChI=1S/C7H14NO2Si/c9-5-1-3-7(10)8-4-2-6-11/h9H,1-6H2,(H,8,10). The van der Waals surface area contributed by atoms with Gasteiger partial charge in [0.25, 0.3) is 0 Å². The topological polar surface area (TPSA) is 49.3 Å².